The smallest absolute Gasteiger partial charge is 0.269 e. The van der Waals surface area contributed by atoms with Crippen LogP contribution in [0.4, 0.5) is 5.69 Å². The standard InChI is InChI=1S/C18H19N3O4.ClH/c19-17-11-20(10-16(17)13-4-2-1-3-5-13)18(22)12-25-15-8-6-14(7-9-15)21(23)24;/h1-9,16-17H,10-12,19H2;1H/t16-,17+;/m0./s1. The van der Waals surface area contributed by atoms with Crippen LogP contribution in [0.15, 0.2) is 54.6 Å². The Morgan fingerprint density at radius 3 is 2.42 bits per heavy atom. The lowest BCUT2D eigenvalue weighted by Gasteiger charge is -2.17. The van der Waals surface area contributed by atoms with E-state index >= 15 is 0 Å². The van der Waals surface area contributed by atoms with Crippen LogP contribution in [0.3, 0.4) is 0 Å². The van der Waals surface area contributed by atoms with Crippen LogP contribution in [0.2, 0.25) is 0 Å². The van der Waals surface area contributed by atoms with Crippen molar-refractivity contribution in [3.8, 4) is 5.75 Å². The molecule has 0 aromatic heterocycles. The van der Waals surface area contributed by atoms with Gasteiger partial charge < -0.3 is 15.4 Å². The molecule has 2 aromatic rings. The molecule has 0 aliphatic carbocycles. The molecule has 2 aromatic carbocycles. The maximum atomic E-state index is 12.4. The number of carbonyl (C=O) groups excluding carboxylic acids is 1. The summed E-state index contributed by atoms with van der Waals surface area (Å²) in [4.78, 5) is 24.2. The summed E-state index contributed by atoms with van der Waals surface area (Å²) in [5.41, 5.74) is 7.30. The summed E-state index contributed by atoms with van der Waals surface area (Å²) in [6, 6.07) is 15.5. The topological polar surface area (TPSA) is 98.7 Å². The lowest BCUT2D eigenvalue weighted by atomic mass is 9.95. The molecule has 0 spiro atoms. The molecule has 1 heterocycles. The Hall–Kier alpha value is -2.64. The average Bonchev–Trinajstić information content (AvgIpc) is 3.02. The minimum Gasteiger partial charge on any atom is -0.484 e. The largest absolute Gasteiger partial charge is 0.484 e. The molecular formula is C18H20ClN3O4. The molecule has 0 unspecified atom stereocenters. The number of amides is 1. The molecule has 1 fully saturated rings. The van der Waals surface area contributed by atoms with Gasteiger partial charge in [0.2, 0.25) is 0 Å². The molecule has 8 heteroatoms. The highest BCUT2D eigenvalue weighted by atomic mass is 35.5. The van der Waals surface area contributed by atoms with Gasteiger partial charge in [-0.3, -0.25) is 14.9 Å². The minimum absolute atomic E-state index is 0. The predicted molar refractivity (Wildman–Crippen MR) is 99.6 cm³/mol. The van der Waals surface area contributed by atoms with E-state index in [1.165, 1.54) is 24.3 Å². The molecule has 1 aliphatic heterocycles. The van der Waals surface area contributed by atoms with Gasteiger partial charge in [-0.25, -0.2) is 0 Å². The first kappa shape index (κ1) is 19.7. The Morgan fingerprint density at radius 2 is 1.81 bits per heavy atom. The summed E-state index contributed by atoms with van der Waals surface area (Å²) in [7, 11) is 0. The second-order valence-corrected chi connectivity index (χ2v) is 6.02. The monoisotopic (exact) mass is 377 g/mol. The summed E-state index contributed by atoms with van der Waals surface area (Å²) >= 11 is 0. The van der Waals surface area contributed by atoms with Crippen LogP contribution in [-0.2, 0) is 4.79 Å². The SMILES string of the molecule is Cl.N[C@@H]1CN(C(=O)COc2ccc([N+](=O)[O-])cc2)C[C@H]1c1ccccc1. The maximum Gasteiger partial charge on any atom is 0.269 e. The Bertz CT molecular complexity index is 755. The van der Waals surface area contributed by atoms with Crippen molar-refractivity contribution >= 4 is 24.0 Å². The maximum absolute atomic E-state index is 12.4. The number of benzene rings is 2. The second-order valence-electron chi connectivity index (χ2n) is 6.02. The average molecular weight is 378 g/mol. The molecule has 0 saturated carbocycles. The number of ether oxygens (including phenoxy) is 1. The molecule has 3 rings (SSSR count). The van der Waals surface area contributed by atoms with Gasteiger partial charge in [0.15, 0.2) is 6.61 Å². The van der Waals surface area contributed by atoms with E-state index in [-0.39, 0.29) is 42.6 Å². The molecule has 0 bridgehead atoms. The zero-order chi connectivity index (χ0) is 17.8. The Labute approximate surface area is 157 Å². The van der Waals surface area contributed by atoms with Crippen LogP contribution >= 0.6 is 12.4 Å². The van der Waals surface area contributed by atoms with Crippen molar-refractivity contribution in [1.29, 1.82) is 0 Å². The number of halogens is 1. The van der Waals surface area contributed by atoms with Gasteiger partial charge in [0, 0.05) is 37.2 Å². The fourth-order valence-corrected chi connectivity index (χ4v) is 2.99. The predicted octanol–water partition coefficient (Wildman–Crippen LogP) is 2.35. The van der Waals surface area contributed by atoms with E-state index in [1.54, 1.807) is 4.90 Å². The summed E-state index contributed by atoms with van der Waals surface area (Å²) in [6.07, 6.45) is 0. The first-order valence-corrected chi connectivity index (χ1v) is 8.00. The zero-order valence-corrected chi connectivity index (χ0v) is 14.8. The highest BCUT2D eigenvalue weighted by Crippen LogP contribution is 2.26. The molecule has 138 valence electrons. The number of nitrogens with two attached hydrogens (primary N) is 1. The van der Waals surface area contributed by atoms with Gasteiger partial charge in [-0.1, -0.05) is 30.3 Å². The van der Waals surface area contributed by atoms with Crippen molar-refractivity contribution in [2.45, 2.75) is 12.0 Å². The van der Waals surface area contributed by atoms with Crippen molar-refractivity contribution < 1.29 is 14.5 Å². The van der Waals surface area contributed by atoms with Crippen molar-refractivity contribution in [2.75, 3.05) is 19.7 Å². The van der Waals surface area contributed by atoms with Crippen LogP contribution in [0.5, 0.6) is 5.75 Å². The summed E-state index contributed by atoms with van der Waals surface area (Å²) in [6.45, 7) is 0.932. The second kappa shape index (κ2) is 8.64. The Kier molecular flexibility index (Phi) is 6.54. The summed E-state index contributed by atoms with van der Waals surface area (Å²) in [5, 5.41) is 10.6. The summed E-state index contributed by atoms with van der Waals surface area (Å²) < 4.78 is 5.44. The van der Waals surface area contributed by atoms with Crippen molar-refractivity contribution in [2.24, 2.45) is 5.73 Å². The Balaban J connectivity index is 0.00000243. The highest BCUT2D eigenvalue weighted by molar-refractivity contribution is 5.85. The number of hydrogen-bond donors (Lipinski definition) is 1. The van der Waals surface area contributed by atoms with E-state index in [9.17, 15) is 14.9 Å². The normalized spacial score (nSPS) is 18.9. The Morgan fingerprint density at radius 1 is 1.15 bits per heavy atom. The third kappa shape index (κ3) is 4.50. The first-order valence-electron chi connectivity index (χ1n) is 8.00. The number of carbonyl (C=O) groups is 1. The molecule has 0 radical (unpaired) electrons. The van der Waals surface area contributed by atoms with E-state index < -0.39 is 4.92 Å². The minimum atomic E-state index is -0.482. The molecule has 1 amide bonds. The van der Waals surface area contributed by atoms with Crippen LogP contribution in [0, 0.1) is 10.1 Å². The third-order valence-electron chi connectivity index (χ3n) is 4.36. The fourth-order valence-electron chi connectivity index (χ4n) is 2.99. The van der Waals surface area contributed by atoms with Crippen LogP contribution in [-0.4, -0.2) is 41.5 Å². The van der Waals surface area contributed by atoms with Gasteiger partial charge >= 0.3 is 0 Å². The van der Waals surface area contributed by atoms with Gasteiger partial charge in [0.1, 0.15) is 5.75 Å². The van der Waals surface area contributed by atoms with E-state index in [0.29, 0.717) is 18.8 Å². The number of nitro benzene ring substituents is 1. The first-order chi connectivity index (χ1) is 12.0. The van der Waals surface area contributed by atoms with Crippen LogP contribution < -0.4 is 10.5 Å². The highest BCUT2D eigenvalue weighted by Gasteiger charge is 2.33. The van der Waals surface area contributed by atoms with E-state index in [0.717, 1.165) is 5.56 Å². The van der Waals surface area contributed by atoms with Crippen molar-refractivity contribution in [1.82, 2.24) is 4.90 Å². The molecule has 7 nitrogen and oxygen atoms in total. The fraction of sp³-hybridized carbons (Fsp3) is 0.278. The molecule has 26 heavy (non-hydrogen) atoms. The quantitative estimate of drug-likeness (QED) is 0.637. The number of nitro groups is 1. The summed E-state index contributed by atoms with van der Waals surface area (Å²) in [5.74, 6) is 0.388. The number of non-ortho nitro benzene ring substituents is 1. The van der Waals surface area contributed by atoms with Gasteiger partial charge in [0.05, 0.1) is 4.92 Å². The molecule has 1 aliphatic rings. The van der Waals surface area contributed by atoms with Crippen LogP contribution in [0.1, 0.15) is 11.5 Å². The van der Waals surface area contributed by atoms with E-state index in [2.05, 4.69) is 0 Å². The molecule has 2 N–H and O–H groups in total. The van der Waals surface area contributed by atoms with Gasteiger partial charge in [-0.05, 0) is 17.7 Å². The number of hydrogen-bond acceptors (Lipinski definition) is 5. The molecule has 1 saturated heterocycles. The van der Waals surface area contributed by atoms with Gasteiger partial charge in [0.25, 0.3) is 11.6 Å². The lowest BCUT2D eigenvalue weighted by Crippen LogP contribution is -2.35. The van der Waals surface area contributed by atoms with Gasteiger partial charge in [-0.15, -0.1) is 12.4 Å². The molecule has 2 atom stereocenters. The number of likely N-dealkylation sites (tertiary alicyclic amines) is 1. The molecular weight excluding hydrogens is 358 g/mol. The third-order valence-corrected chi connectivity index (χ3v) is 4.36. The lowest BCUT2D eigenvalue weighted by molar-refractivity contribution is -0.384. The zero-order valence-electron chi connectivity index (χ0n) is 14.0. The van der Waals surface area contributed by atoms with E-state index in [4.69, 9.17) is 10.5 Å². The van der Waals surface area contributed by atoms with E-state index in [1.807, 2.05) is 30.3 Å². The van der Waals surface area contributed by atoms with Crippen LogP contribution in [0.25, 0.3) is 0 Å². The number of nitrogens with zero attached hydrogens (tertiary/aromatic N) is 2. The van der Waals surface area contributed by atoms with Crippen molar-refractivity contribution in [3.63, 3.8) is 0 Å². The van der Waals surface area contributed by atoms with Crippen molar-refractivity contribution in [3.05, 3.63) is 70.3 Å². The number of rotatable bonds is 5. The van der Waals surface area contributed by atoms with Gasteiger partial charge in [-0.2, -0.15) is 0 Å².